The molecule has 0 unspecified atom stereocenters. The average Bonchev–Trinajstić information content (AvgIpc) is 2.76. The first-order valence-electron chi connectivity index (χ1n) is 7.30. The quantitative estimate of drug-likeness (QED) is 0.838. The molecule has 0 fully saturated rings. The zero-order valence-corrected chi connectivity index (χ0v) is 13.7. The number of aryl methyl sites for hydroxylation is 1. The highest BCUT2D eigenvalue weighted by Crippen LogP contribution is 2.17. The fraction of sp³-hybridized carbons (Fsp3) is 0.412. The lowest BCUT2D eigenvalue weighted by Crippen LogP contribution is -2.16. The van der Waals surface area contributed by atoms with E-state index < -0.39 is 0 Å². The summed E-state index contributed by atoms with van der Waals surface area (Å²) in [7, 11) is 2.09. The van der Waals surface area contributed by atoms with Crippen LogP contribution in [-0.4, -0.2) is 18.5 Å². The van der Waals surface area contributed by atoms with E-state index in [2.05, 4.69) is 43.2 Å². The molecular weight excluding hydrogens is 284 g/mol. The fourth-order valence-electron chi connectivity index (χ4n) is 2.35. The minimum absolute atomic E-state index is 0.780. The SMILES string of the molecule is CCNCc1oc(CN(C)Cc2cccc(Cl)c2)cc1C. The smallest absolute Gasteiger partial charge is 0.120 e. The van der Waals surface area contributed by atoms with Gasteiger partial charge < -0.3 is 9.73 Å². The Hall–Kier alpha value is -1.29. The van der Waals surface area contributed by atoms with Gasteiger partial charge in [-0.1, -0.05) is 30.7 Å². The molecule has 0 saturated carbocycles. The molecule has 4 heteroatoms. The molecule has 0 saturated heterocycles. The molecule has 21 heavy (non-hydrogen) atoms. The van der Waals surface area contributed by atoms with Gasteiger partial charge in [0.15, 0.2) is 0 Å². The van der Waals surface area contributed by atoms with Gasteiger partial charge in [0.05, 0.1) is 13.1 Å². The summed E-state index contributed by atoms with van der Waals surface area (Å²) in [6.45, 7) is 7.57. The van der Waals surface area contributed by atoms with Crippen molar-refractivity contribution in [1.29, 1.82) is 0 Å². The Kier molecular flexibility index (Phi) is 5.85. The number of benzene rings is 1. The maximum absolute atomic E-state index is 6.02. The van der Waals surface area contributed by atoms with Crippen molar-refractivity contribution in [1.82, 2.24) is 10.2 Å². The zero-order valence-electron chi connectivity index (χ0n) is 12.9. The molecule has 2 aromatic rings. The van der Waals surface area contributed by atoms with Gasteiger partial charge in [0.25, 0.3) is 0 Å². The number of hydrogen-bond donors (Lipinski definition) is 1. The first-order valence-corrected chi connectivity index (χ1v) is 7.68. The molecule has 3 nitrogen and oxygen atoms in total. The first-order chi connectivity index (χ1) is 10.1. The Bertz CT molecular complexity index is 580. The topological polar surface area (TPSA) is 28.4 Å². The monoisotopic (exact) mass is 306 g/mol. The third-order valence-corrected chi connectivity index (χ3v) is 3.61. The van der Waals surface area contributed by atoms with Crippen LogP contribution >= 0.6 is 11.6 Å². The average molecular weight is 307 g/mol. The molecule has 1 aromatic heterocycles. The largest absolute Gasteiger partial charge is 0.463 e. The van der Waals surface area contributed by atoms with Crippen LogP contribution in [0.4, 0.5) is 0 Å². The van der Waals surface area contributed by atoms with Crippen LogP contribution in [0.5, 0.6) is 0 Å². The van der Waals surface area contributed by atoms with Crippen molar-refractivity contribution < 1.29 is 4.42 Å². The highest BCUT2D eigenvalue weighted by Gasteiger charge is 2.10. The van der Waals surface area contributed by atoms with Gasteiger partial charge >= 0.3 is 0 Å². The summed E-state index contributed by atoms with van der Waals surface area (Å²) < 4.78 is 5.92. The maximum Gasteiger partial charge on any atom is 0.120 e. The number of furan rings is 1. The predicted molar refractivity (Wildman–Crippen MR) is 87.4 cm³/mol. The molecule has 0 radical (unpaired) electrons. The van der Waals surface area contributed by atoms with E-state index in [0.717, 1.165) is 42.7 Å². The lowest BCUT2D eigenvalue weighted by Gasteiger charge is -2.15. The Morgan fingerprint density at radius 2 is 2.05 bits per heavy atom. The Morgan fingerprint density at radius 3 is 2.76 bits per heavy atom. The molecule has 0 spiro atoms. The van der Waals surface area contributed by atoms with Crippen molar-refractivity contribution >= 4 is 11.6 Å². The molecule has 0 atom stereocenters. The number of halogens is 1. The van der Waals surface area contributed by atoms with Crippen LogP contribution in [0.25, 0.3) is 0 Å². The summed E-state index contributed by atoms with van der Waals surface area (Å²) in [4.78, 5) is 2.22. The van der Waals surface area contributed by atoms with Gasteiger partial charge in [-0.25, -0.2) is 0 Å². The third-order valence-electron chi connectivity index (χ3n) is 3.37. The molecule has 1 N–H and O–H groups in total. The van der Waals surface area contributed by atoms with E-state index in [0.29, 0.717) is 0 Å². The van der Waals surface area contributed by atoms with E-state index in [9.17, 15) is 0 Å². The summed E-state index contributed by atoms with van der Waals surface area (Å²) >= 11 is 6.02. The van der Waals surface area contributed by atoms with Crippen LogP contribution in [0.3, 0.4) is 0 Å². The molecule has 0 aliphatic rings. The Labute approximate surface area is 131 Å². The van der Waals surface area contributed by atoms with Crippen LogP contribution in [0.2, 0.25) is 5.02 Å². The summed E-state index contributed by atoms with van der Waals surface area (Å²) in [5, 5.41) is 4.08. The van der Waals surface area contributed by atoms with Crippen LogP contribution in [0.1, 0.15) is 29.6 Å². The van der Waals surface area contributed by atoms with Gasteiger partial charge in [-0.15, -0.1) is 0 Å². The van der Waals surface area contributed by atoms with Gasteiger partial charge in [0, 0.05) is 11.6 Å². The van der Waals surface area contributed by atoms with Gasteiger partial charge in [-0.2, -0.15) is 0 Å². The first kappa shape index (κ1) is 16.1. The summed E-state index contributed by atoms with van der Waals surface area (Å²) in [6, 6.07) is 10.1. The molecule has 114 valence electrons. The van der Waals surface area contributed by atoms with E-state index in [-0.39, 0.29) is 0 Å². The normalized spacial score (nSPS) is 11.3. The summed E-state index contributed by atoms with van der Waals surface area (Å²) in [5.41, 5.74) is 2.42. The Morgan fingerprint density at radius 1 is 1.24 bits per heavy atom. The molecule has 0 bridgehead atoms. The molecule has 0 amide bonds. The van der Waals surface area contributed by atoms with Gasteiger partial charge in [0.2, 0.25) is 0 Å². The second-order valence-electron chi connectivity index (χ2n) is 5.40. The van der Waals surface area contributed by atoms with Gasteiger partial charge in [0.1, 0.15) is 11.5 Å². The lowest BCUT2D eigenvalue weighted by atomic mass is 10.2. The zero-order chi connectivity index (χ0) is 15.2. The number of nitrogens with zero attached hydrogens (tertiary/aromatic N) is 1. The van der Waals surface area contributed by atoms with Crippen molar-refractivity contribution in [3.63, 3.8) is 0 Å². The standard InChI is InChI=1S/C17H23ClN2O/c1-4-19-10-17-13(2)8-16(21-17)12-20(3)11-14-6-5-7-15(18)9-14/h5-9,19H,4,10-12H2,1-3H3. The van der Waals surface area contributed by atoms with Crippen LogP contribution in [0, 0.1) is 6.92 Å². The van der Waals surface area contributed by atoms with Crippen molar-refractivity contribution in [3.05, 3.63) is 58.0 Å². The molecule has 1 heterocycles. The highest BCUT2D eigenvalue weighted by atomic mass is 35.5. The summed E-state index contributed by atoms with van der Waals surface area (Å²) in [5.74, 6) is 2.04. The van der Waals surface area contributed by atoms with E-state index in [1.54, 1.807) is 0 Å². The molecular formula is C17H23ClN2O. The molecule has 0 aliphatic heterocycles. The van der Waals surface area contributed by atoms with Crippen LogP contribution < -0.4 is 5.32 Å². The number of nitrogens with one attached hydrogen (secondary N) is 1. The van der Waals surface area contributed by atoms with E-state index >= 15 is 0 Å². The maximum atomic E-state index is 6.02. The third kappa shape index (κ3) is 4.88. The van der Waals surface area contributed by atoms with E-state index in [4.69, 9.17) is 16.0 Å². The highest BCUT2D eigenvalue weighted by molar-refractivity contribution is 6.30. The molecule has 1 aromatic carbocycles. The fourth-order valence-corrected chi connectivity index (χ4v) is 2.56. The second-order valence-corrected chi connectivity index (χ2v) is 5.84. The minimum Gasteiger partial charge on any atom is -0.463 e. The lowest BCUT2D eigenvalue weighted by molar-refractivity contribution is 0.282. The van der Waals surface area contributed by atoms with Crippen molar-refractivity contribution in [3.8, 4) is 0 Å². The number of rotatable bonds is 7. The molecule has 0 aliphatic carbocycles. The van der Waals surface area contributed by atoms with Crippen molar-refractivity contribution in [2.24, 2.45) is 0 Å². The van der Waals surface area contributed by atoms with Crippen LogP contribution in [0.15, 0.2) is 34.7 Å². The number of hydrogen-bond acceptors (Lipinski definition) is 3. The Balaban J connectivity index is 1.94. The predicted octanol–water partition coefficient (Wildman–Crippen LogP) is 3.98. The minimum atomic E-state index is 0.780. The van der Waals surface area contributed by atoms with Crippen molar-refractivity contribution in [2.75, 3.05) is 13.6 Å². The van der Waals surface area contributed by atoms with E-state index in [1.807, 2.05) is 18.2 Å². The van der Waals surface area contributed by atoms with Gasteiger partial charge in [-0.05, 0) is 49.8 Å². The van der Waals surface area contributed by atoms with Gasteiger partial charge in [-0.3, -0.25) is 4.90 Å². The second kappa shape index (κ2) is 7.64. The van der Waals surface area contributed by atoms with Crippen LogP contribution in [-0.2, 0) is 19.6 Å². The molecule has 2 rings (SSSR count). The van der Waals surface area contributed by atoms with E-state index in [1.165, 1.54) is 11.1 Å². The van der Waals surface area contributed by atoms with Crippen molar-refractivity contribution in [2.45, 2.75) is 33.5 Å². The summed E-state index contributed by atoms with van der Waals surface area (Å²) in [6.07, 6.45) is 0.